The first kappa shape index (κ1) is 18.3. The monoisotopic (exact) mass is 377 g/mol. The molecule has 1 saturated heterocycles. The van der Waals surface area contributed by atoms with Gasteiger partial charge in [0.15, 0.2) is 0 Å². The molecule has 1 atom stereocenters. The zero-order chi connectivity index (χ0) is 19.3. The molecule has 0 radical (unpaired) electrons. The summed E-state index contributed by atoms with van der Waals surface area (Å²) in [5.74, 6) is -0.0660. The van der Waals surface area contributed by atoms with Crippen molar-refractivity contribution in [3.8, 4) is 0 Å². The van der Waals surface area contributed by atoms with Gasteiger partial charge in [0, 0.05) is 24.3 Å². The molecule has 1 N–H and O–H groups in total. The Morgan fingerprint density at radius 2 is 1.93 bits per heavy atom. The van der Waals surface area contributed by atoms with E-state index in [4.69, 9.17) is 0 Å². The van der Waals surface area contributed by atoms with Crippen molar-refractivity contribution >= 4 is 16.7 Å². The van der Waals surface area contributed by atoms with Gasteiger partial charge in [0.1, 0.15) is 6.04 Å². The van der Waals surface area contributed by atoms with Crippen LogP contribution in [0.3, 0.4) is 0 Å². The number of amides is 1. The third-order valence-corrected chi connectivity index (χ3v) is 5.14. The summed E-state index contributed by atoms with van der Waals surface area (Å²) >= 11 is 0. The average molecular weight is 377 g/mol. The molecule has 1 fully saturated rings. The first-order chi connectivity index (χ1) is 13.7. The van der Waals surface area contributed by atoms with Crippen LogP contribution in [0.1, 0.15) is 24.4 Å². The molecule has 1 aliphatic heterocycles. The van der Waals surface area contributed by atoms with Crippen molar-refractivity contribution < 1.29 is 4.79 Å². The van der Waals surface area contributed by atoms with Crippen LogP contribution in [0.25, 0.3) is 10.8 Å². The number of fused-ring (bicyclic) bond motifs is 1. The van der Waals surface area contributed by atoms with Gasteiger partial charge in [0.05, 0.1) is 18.1 Å². The zero-order valence-corrected chi connectivity index (χ0v) is 15.6. The maximum atomic E-state index is 12.9. The number of benzene rings is 1. The molecule has 4 rings (SSSR count). The van der Waals surface area contributed by atoms with E-state index in [9.17, 15) is 9.59 Å². The highest BCUT2D eigenvalue weighted by molar-refractivity contribution is 5.83. The standard InChI is InChI=1S/C21H23N5O2/c27-20(19(25-11-3-4-12-25)17-7-5-9-22-14-17)23-10-13-26-21(28)18-8-2-1-6-16(18)15-24-26/h1-2,5-9,14-15,19H,3-4,10-13H2,(H,23,27)/t19-/m1/s1. The van der Waals surface area contributed by atoms with E-state index in [1.165, 1.54) is 4.68 Å². The van der Waals surface area contributed by atoms with Gasteiger partial charge in [-0.15, -0.1) is 0 Å². The van der Waals surface area contributed by atoms with Gasteiger partial charge in [-0.1, -0.05) is 24.3 Å². The number of rotatable bonds is 6. The lowest BCUT2D eigenvalue weighted by Gasteiger charge is -2.26. The molecule has 1 amide bonds. The van der Waals surface area contributed by atoms with Gasteiger partial charge in [0.25, 0.3) is 5.56 Å². The summed E-state index contributed by atoms with van der Waals surface area (Å²) in [5, 5.41) is 8.64. The minimum atomic E-state index is -0.350. The van der Waals surface area contributed by atoms with Crippen LogP contribution >= 0.6 is 0 Å². The molecule has 0 spiro atoms. The van der Waals surface area contributed by atoms with Gasteiger partial charge in [-0.05, 0) is 43.6 Å². The molecule has 0 bridgehead atoms. The van der Waals surface area contributed by atoms with Crippen LogP contribution in [-0.2, 0) is 11.3 Å². The van der Waals surface area contributed by atoms with Crippen LogP contribution in [0.4, 0.5) is 0 Å². The average Bonchev–Trinajstić information content (AvgIpc) is 3.25. The molecule has 0 unspecified atom stereocenters. The maximum absolute atomic E-state index is 12.9. The Kier molecular flexibility index (Phi) is 5.43. The first-order valence-electron chi connectivity index (χ1n) is 9.60. The van der Waals surface area contributed by atoms with Crippen molar-refractivity contribution in [3.63, 3.8) is 0 Å². The second kappa shape index (κ2) is 8.31. The highest BCUT2D eigenvalue weighted by Crippen LogP contribution is 2.24. The molecule has 2 aromatic heterocycles. The van der Waals surface area contributed by atoms with Crippen molar-refractivity contribution in [2.24, 2.45) is 0 Å². The van der Waals surface area contributed by atoms with E-state index in [2.05, 4.69) is 20.3 Å². The second-order valence-electron chi connectivity index (χ2n) is 6.98. The summed E-state index contributed by atoms with van der Waals surface area (Å²) in [6.45, 7) is 2.47. The minimum Gasteiger partial charge on any atom is -0.353 e. The lowest BCUT2D eigenvalue weighted by molar-refractivity contribution is -0.126. The number of carbonyl (C=O) groups excluding carboxylic acids is 1. The number of hydrogen-bond donors (Lipinski definition) is 1. The predicted molar refractivity (Wildman–Crippen MR) is 107 cm³/mol. The summed E-state index contributed by atoms with van der Waals surface area (Å²) < 4.78 is 1.40. The number of nitrogens with zero attached hydrogens (tertiary/aromatic N) is 4. The number of hydrogen-bond acceptors (Lipinski definition) is 5. The fraction of sp³-hybridized carbons (Fsp3) is 0.333. The van der Waals surface area contributed by atoms with E-state index in [1.54, 1.807) is 24.7 Å². The van der Waals surface area contributed by atoms with Gasteiger partial charge >= 0.3 is 0 Å². The van der Waals surface area contributed by atoms with Crippen LogP contribution in [0.15, 0.2) is 59.8 Å². The lowest BCUT2D eigenvalue weighted by Crippen LogP contribution is -2.41. The zero-order valence-electron chi connectivity index (χ0n) is 15.6. The predicted octanol–water partition coefficient (Wildman–Crippen LogP) is 1.74. The van der Waals surface area contributed by atoms with Crippen LogP contribution in [0.2, 0.25) is 0 Å². The number of likely N-dealkylation sites (tertiary alicyclic amines) is 1. The molecule has 144 valence electrons. The van der Waals surface area contributed by atoms with Crippen molar-refractivity contribution in [3.05, 3.63) is 70.9 Å². The molecule has 7 nitrogen and oxygen atoms in total. The number of carbonyl (C=O) groups is 1. The van der Waals surface area contributed by atoms with Gasteiger partial charge in [-0.3, -0.25) is 19.5 Å². The smallest absolute Gasteiger partial charge is 0.274 e. The normalized spacial score (nSPS) is 15.6. The van der Waals surface area contributed by atoms with Crippen LogP contribution < -0.4 is 10.9 Å². The molecule has 0 aliphatic carbocycles. The number of nitrogens with one attached hydrogen (secondary N) is 1. The lowest BCUT2D eigenvalue weighted by atomic mass is 10.1. The molecule has 1 aromatic carbocycles. The van der Waals surface area contributed by atoms with Crippen LogP contribution in [0, 0.1) is 0 Å². The van der Waals surface area contributed by atoms with E-state index < -0.39 is 0 Å². The van der Waals surface area contributed by atoms with Gasteiger partial charge in [-0.25, -0.2) is 4.68 Å². The quantitative estimate of drug-likeness (QED) is 0.708. The summed E-state index contributed by atoms with van der Waals surface area (Å²) in [5.41, 5.74) is 0.749. The Bertz CT molecular complexity index is 1010. The van der Waals surface area contributed by atoms with E-state index in [0.717, 1.165) is 36.9 Å². The van der Waals surface area contributed by atoms with Gasteiger partial charge in [0.2, 0.25) is 5.91 Å². The third-order valence-electron chi connectivity index (χ3n) is 5.14. The Labute approximate surface area is 163 Å². The largest absolute Gasteiger partial charge is 0.353 e. The summed E-state index contributed by atoms with van der Waals surface area (Å²) in [6, 6.07) is 10.8. The molecular weight excluding hydrogens is 354 g/mol. The highest BCUT2D eigenvalue weighted by atomic mass is 16.2. The van der Waals surface area contributed by atoms with Gasteiger partial charge < -0.3 is 5.32 Å². The Morgan fingerprint density at radius 3 is 2.71 bits per heavy atom. The third kappa shape index (κ3) is 3.80. The molecule has 28 heavy (non-hydrogen) atoms. The summed E-state index contributed by atoms with van der Waals surface area (Å²) in [6.07, 6.45) is 7.33. The first-order valence-corrected chi connectivity index (χ1v) is 9.60. The fourth-order valence-electron chi connectivity index (χ4n) is 3.73. The molecule has 3 heterocycles. The maximum Gasteiger partial charge on any atom is 0.274 e. The minimum absolute atomic E-state index is 0.0660. The molecule has 0 saturated carbocycles. The molecule has 1 aliphatic rings. The summed E-state index contributed by atoms with van der Waals surface area (Å²) in [7, 11) is 0. The van der Waals surface area contributed by atoms with E-state index >= 15 is 0 Å². The van der Waals surface area contributed by atoms with Crippen LogP contribution in [-0.4, -0.2) is 45.2 Å². The van der Waals surface area contributed by atoms with E-state index in [0.29, 0.717) is 18.5 Å². The molecule has 7 heteroatoms. The molecule has 3 aromatic rings. The van der Waals surface area contributed by atoms with Crippen molar-refractivity contribution in [2.75, 3.05) is 19.6 Å². The summed E-state index contributed by atoms with van der Waals surface area (Å²) in [4.78, 5) is 31.8. The van der Waals surface area contributed by atoms with E-state index in [-0.39, 0.29) is 17.5 Å². The van der Waals surface area contributed by atoms with Crippen molar-refractivity contribution in [1.29, 1.82) is 0 Å². The SMILES string of the molecule is O=C(NCCn1ncc2ccccc2c1=O)[C@@H](c1cccnc1)N1CCCC1. The molecular formula is C21H23N5O2. The van der Waals surface area contributed by atoms with Crippen molar-refractivity contribution in [2.45, 2.75) is 25.4 Å². The van der Waals surface area contributed by atoms with Crippen molar-refractivity contribution in [1.82, 2.24) is 25.0 Å². The van der Waals surface area contributed by atoms with E-state index in [1.807, 2.05) is 30.3 Å². The Balaban J connectivity index is 1.45. The number of aromatic nitrogens is 3. The second-order valence-corrected chi connectivity index (χ2v) is 6.98. The fourth-order valence-corrected chi connectivity index (χ4v) is 3.73. The number of pyridine rings is 1. The van der Waals surface area contributed by atoms with Crippen LogP contribution in [0.5, 0.6) is 0 Å². The topological polar surface area (TPSA) is 80.1 Å². The highest BCUT2D eigenvalue weighted by Gasteiger charge is 2.29. The Hall–Kier alpha value is -3.06. The Morgan fingerprint density at radius 1 is 1.11 bits per heavy atom. The van der Waals surface area contributed by atoms with Gasteiger partial charge in [-0.2, -0.15) is 5.10 Å².